The SMILES string of the molecule is NC(=O)C(CCC(=O)O)N1Cc2c(OCc3ccc(CBr)cc3)cccc2C1=O. The van der Waals surface area contributed by atoms with Gasteiger partial charge < -0.3 is 20.5 Å². The van der Waals surface area contributed by atoms with Crippen molar-refractivity contribution in [2.24, 2.45) is 5.73 Å². The first-order valence-corrected chi connectivity index (χ1v) is 10.2. The lowest BCUT2D eigenvalue weighted by molar-refractivity contribution is -0.137. The second kappa shape index (κ2) is 9.09. The second-order valence-electron chi connectivity index (χ2n) is 6.80. The van der Waals surface area contributed by atoms with Gasteiger partial charge in [0.05, 0.1) is 6.54 Å². The number of hydrogen-bond acceptors (Lipinski definition) is 4. The van der Waals surface area contributed by atoms with Gasteiger partial charge in [-0.25, -0.2) is 0 Å². The molecule has 29 heavy (non-hydrogen) atoms. The van der Waals surface area contributed by atoms with Gasteiger partial charge in [0, 0.05) is 22.9 Å². The maximum atomic E-state index is 12.8. The van der Waals surface area contributed by atoms with Gasteiger partial charge in [0.15, 0.2) is 0 Å². The number of nitrogens with zero attached hydrogens (tertiary/aromatic N) is 1. The van der Waals surface area contributed by atoms with Crippen molar-refractivity contribution < 1.29 is 24.2 Å². The van der Waals surface area contributed by atoms with E-state index < -0.39 is 17.9 Å². The summed E-state index contributed by atoms with van der Waals surface area (Å²) >= 11 is 3.41. The number of hydrogen-bond donors (Lipinski definition) is 2. The minimum atomic E-state index is -1.05. The zero-order valence-electron chi connectivity index (χ0n) is 15.6. The fourth-order valence-corrected chi connectivity index (χ4v) is 3.68. The molecule has 8 heteroatoms. The first kappa shape index (κ1) is 20.9. The molecule has 1 aliphatic heterocycles. The van der Waals surface area contributed by atoms with Crippen LogP contribution in [-0.4, -0.2) is 33.8 Å². The molecule has 0 fully saturated rings. The molecule has 3 N–H and O–H groups in total. The molecule has 0 aliphatic carbocycles. The standard InChI is InChI=1S/C21H21BrN2O5/c22-10-13-4-6-14(7-5-13)12-29-18-3-1-2-15-16(18)11-24(21(15)28)17(20(23)27)8-9-19(25)26/h1-7,17H,8-12H2,(H2,23,27)(H,25,26). The van der Waals surface area contributed by atoms with Crippen LogP contribution in [-0.2, 0) is 28.1 Å². The van der Waals surface area contributed by atoms with Crippen molar-refractivity contribution in [3.05, 3.63) is 64.7 Å². The maximum Gasteiger partial charge on any atom is 0.303 e. The Labute approximate surface area is 176 Å². The Morgan fingerprint density at radius 2 is 1.86 bits per heavy atom. The lowest BCUT2D eigenvalue weighted by atomic mass is 10.1. The minimum Gasteiger partial charge on any atom is -0.489 e. The summed E-state index contributed by atoms with van der Waals surface area (Å²) in [6.45, 7) is 0.492. The Balaban J connectivity index is 1.76. The molecule has 2 amide bonds. The Morgan fingerprint density at radius 3 is 2.48 bits per heavy atom. The van der Waals surface area contributed by atoms with Crippen molar-refractivity contribution >= 4 is 33.7 Å². The molecule has 1 unspecified atom stereocenters. The van der Waals surface area contributed by atoms with Crippen LogP contribution >= 0.6 is 15.9 Å². The number of ether oxygens (including phenoxy) is 1. The van der Waals surface area contributed by atoms with Crippen molar-refractivity contribution in [3.63, 3.8) is 0 Å². The Kier molecular flexibility index (Phi) is 6.53. The minimum absolute atomic E-state index is 0.0273. The molecule has 0 radical (unpaired) electrons. The number of carbonyl (C=O) groups excluding carboxylic acids is 2. The molecular weight excluding hydrogens is 440 g/mol. The summed E-state index contributed by atoms with van der Waals surface area (Å²) in [4.78, 5) is 36.8. The summed E-state index contributed by atoms with van der Waals surface area (Å²) in [5.74, 6) is -1.55. The van der Waals surface area contributed by atoms with Gasteiger partial charge >= 0.3 is 5.97 Å². The second-order valence-corrected chi connectivity index (χ2v) is 7.37. The Bertz CT molecular complexity index is 929. The summed E-state index contributed by atoms with van der Waals surface area (Å²) in [6, 6.07) is 12.2. The number of benzene rings is 2. The van der Waals surface area contributed by atoms with E-state index in [1.807, 2.05) is 24.3 Å². The van der Waals surface area contributed by atoms with Gasteiger partial charge in [0.25, 0.3) is 5.91 Å². The highest BCUT2D eigenvalue weighted by atomic mass is 79.9. The molecule has 7 nitrogen and oxygen atoms in total. The normalized spacial score (nSPS) is 13.8. The molecule has 0 spiro atoms. The van der Waals surface area contributed by atoms with Crippen molar-refractivity contribution in [1.29, 1.82) is 0 Å². The maximum absolute atomic E-state index is 12.8. The molecule has 0 aromatic heterocycles. The van der Waals surface area contributed by atoms with Gasteiger partial charge in [-0.1, -0.05) is 46.3 Å². The van der Waals surface area contributed by atoms with E-state index in [1.54, 1.807) is 18.2 Å². The van der Waals surface area contributed by atoms with E-state index in [0.29, 0.717) is 23.5 Å². The van der Waals surface area contributed by atoms with E-state index in [9.17, 15) is 14.4 Å². The average molecular weight is 461 g/mol. The lowest BCUT2D eigenvalue weighted by Crippen LogP contribution is -2.45. The Morgan fingerprint density at radius 1 is 1.17 bits per heavy atom. The van der Waals surface area contributed by atoms with Crippen LogP contribution < -0.4 is 10.5 Å². The summed E-state index contributed by atoms with van der Waals surface area (Å²) in [5, 5.41) is 9.68. The van der Waals surface area contributed by atoms with Crippen LogP contribution in [0.1, 0.15) is 39.9 Å². The Hall–Kier alpha value is -2.87. The largest absolute Gasteiger partial charge is 0.489 e. The molecule has 0 saturated heterocycles. The van der Waals surface area contributed by atoms with Crippen LogP contribution in [0, 0.1) is 0 Å². The summed E-state index contributed by atoms with van der Waals surface area (Å²) in [7, 11) is 0. The van der Waals surface area contributed by atoms with Crippen molar-refractivity contribution in [1.82, 2.24) is 4.90 Å². The number of halogens is 1. The number of alkyl halides is 1. The van der Waals surface area contributed by atoms with Crippen molar-refractivity contribution in [2.45, 2.75) is 37.4 Å². The monoisotopic (exact) mass is 460 g/mol. The highest BCUT2D eigenvalue weighted by molar-refractivity contribution is 9.08. The number of carboxylic acids is 1. The number of amides is 2. The first-order valence-electron chi connectivity index (χ1n) is 9.11. The van der Waals surface area contributed by atoms with Crippen LogP contribution in [0.3, 0.4) is 0 Å². The molecule has 1 aliphatic rings. The van der Waals surface area contributed by atoms with Gasteiger partial charge in [-0.05, 0) is 29.7 Å². The smallest absolute Gasteiger partial charge is 0.303 e. The molecule has 2 aromatic carbocycles. The molecular formula is C21H21BrN2O5. The van der Waals surface area contributed by atoms with Crippen molar-refractivity contribution in [2.75, 3.05) is 0 Å². The number of rotatable bonds is 9. The van der Waals surface area contributed by atoms with Crippen molar-refractivity contribution in [3.8, 4) is 5.75 Å². The molecule has 3 rings (SSSR count). The lowest BCUT2D eigenvalue weighted by Gasteiger charge is -2.24. The summed E-state index contributed by atoms with van der Waals surface area (Å²) < 4.78 is 5.94. The zero-order valence-corrected chi connectivity index (χ0v) is 17.2. The van der Waals surface area contributed by atoms with Gasteiger partial charge in [0.2, 0.25) is 5.91 Å². The molecule has 0 saturated carbocycles. The molecule has 1 heterocycles. The number of primary amides is 1. The third-order valence-corrected chi connectivity index (χ3v) is 5.51. The van der Waals surface area contributed by atoms with Crippen LogP contribution in [0.4, 0.5) is 0 Å². The first-order chi connectivity index (χ1) is 13.9. The van der Waals surface area contributed by atoms with E-state index in [1.165, 1.54) is 4.90 Å². The third-order valence-electron chi connectivity index (χ3n) is 4.86. The molecule has 0 bridgehead atoms. The van der Waals surface area contributed by atoms with Gasteiger partial charge in [-0.15, -0.1) is 0 Å². The molecule has 152 valence electrons. The quantitative estimate of drug-likeness (QED) is 0.559. The summed E-state index contributed by atoms with van der Waals surface area (Å²) in [6.07, 6.45) is -0.276. The fraction of sp³-hybridized carbons (Fsp3) is 0.286. The number of carbonyl (C=O) groups is 3. The fourth-order valence-electron chi connectivity index (χ4n) is 3.31. The number of nitrogens with two attached hydrogens (primary N) is 1. The summed E-state index contributed by atoms with van der Waals surface area (Å²) in [5.41, 5.74) is 8.71. The van der Waals surface area contributed by atoms with E-state index in [-0.39, 0.29) is 25.3 Å². The molecule has 2 aromatic rings. The third kappa shape index (κ3) is 4.76. The van der Waals surface area contributed by atoms with Crippen LogP contribution in [0.5, 0.6) is 5.75 Å². The highest BCUT2D eigenvalue weighted by Gasteiger charge is 2.37. The predicted octanol–water partition coefficient (Wildman–Crippen LogP) is 2.84. The van der Waals surface area contributed by atoms with E-state index in [2.05, 4.69) is 15.9 Å². The predicted molar refractivity (Wildman–Crippen MR) is 110 cm³/mol. The number of fused-ring (bicyclic) bond motifs is 1. The van der Waals surface area contributed by atoms with Crippen LogP contribution in [0.2, 0.25) is 0 Å². The van der Waals surface area contributed by atoms with E-state index >= 15 is 0 Å². The van der Waals surface area contributed by atoms with Gasteiger partial charge in [-0.2, -0.15) is 0 Å². The van der Waals surface area contributed by atoms with E-state index in [0.717, 1.165) is 16.5 Å². The zero-order chi connectivity index (χ0) is 21.0. The van der Waals surface area contributed by atoms with Crippen LogP contribution in [0.25, 0.3) is 0 Å². The average Bonchev–Trinajstić information content (AvgIpc) is 3.03. The van der Waals surface area contributed by atoms with Crippen LogP contribution in [0.15, 0.2) is 42.5 Å². The topological polar surface area (TPSA) is 110 Å². The molecule has 1 atom stereocenters. The van der Waals surface area contributed by atoms with Gasteiger partial charge in [-0.3, -0.25) is 14.4 Å². The number of carboxylic acid groups (broad SMARTS) is 1. The highest BCUT2D eigenvalue weighted by Crippen LogP contribution is 2.33. The van der Waals surface area contributed by atoms with E-state index in [4.69, 9.17) is 15.6 Å². The number of aliphatic carboxylic acids is 1. The van der Waals surface area contributed by atoms with Gasteiger partial charge in [0.1, 0.15) is 18.4 Å².